The molecule has 0 aliphatic carbocycles. The zero-order valence-electron chi connectivity index (χ0n) is 10.1. The summed E-state index contributed by atoms with van der Waals surface area (Å²) in [5, 5.41) is 20.6. The highest BCUT2D eigenvalue weighted by molar-refractivity contribution is 5.48. The Kier molecular flexibility index (Phi) is 5.09. The summed E-state index contributed by atoms with van der Waals surface area (Å²) in [5.41, 5.74) is -0.0814. The number of aromatic nitrogens is 1. The molecule has 19 heavy (non-hydrogen) atoms. The van der Waals surface area contributed by atoms with Gasteiger partial charge in [-0.1, -0.05) is 6.07 Å². The van der Waals surface area contributed by atoms with E-state index in [1.165, 1.54) is 19.1 Å². The van der Waals surface area contributed by atoms with Crippen LogP contribution in [0.4, 0.5) is 11.4 Å². The third-order valence-corrected chi connectivity index (χ3v) is 2.17. The molecular formula is C12H11N3O4. The number of hydrogen-bond donors (Lipinski definition) is 0. The molecule has 1 aromatic carbocycles. The molecule has 1 heterocycles. The van der Waals surface area contributed by atoms with Crippen LogP contribution in [-0.4, -0.2) is 14.8 Å². The van der Waals surface area contributed by atoms with Crippen LogP contribution in [-0.2, 0) is 0 Å². The van der Waals surface area contributed by atoms with Crippen LogP contribution in [0.5, 0.6) is 0 Å². The summed E-state index contributed by atoms with van der Waals surface area (Å²) in [4.78, 5) is 23.1. The summed E-state index contributed by atoms with van der Waals surface area (Å²) in [6, 6.07) is 9.26. The van der Waals surface area contributed by atoms with Crippen LogP contribution >= 0.6 is 0 Å². The molecule has 2 rings (SSSR count). The molecule has 0 bridgehead atoms. The van der Waals surface area contributed by atoms with Gasteiger partial charge in [-0.25, -0.2) is 0 Å². The fourth-order valence-corrected chi connectivity index (χ4v) is 1.22. The van der Waals surface area contributed by atoms with Crippen LogP contribution in [0, 0.1) is 27.2 Å². The quantitative estimate of drug-likeness (QED) is 0.611. The summed E-state index contributed by atoms with van der Waals surface area (Å²) < 4.78 is 0. The van der Waals surface area contributed by atoms with E-state index in [2.05, 4.69) is 4.98 Å². The molecule has 0 radical (unpaired) electrons. The number of nitro groups is 2. The van der Waals surface area contributed by atoms with Crippen LogP contribution in [0.15, 0.2) is 48.8 Å². The third kappa shape index (κ3) is 4.50. The van der Waals surface area contributed by atoms with Crippen molar-refractivity contribution in [2.24, 2.45) is 0 Å². The van der Waals surface area contributed by atoms with Crippen molar-refractivity contribution in [3.05, 3.63) is 74.6 Å². The molecule has 0 spiro atoms. The Morgan fingerprint density at radius 3 is 2.00 bits per heavy atom. The highest BCUT2D eigenvalue weighted by atomic mass is 16.6. The van der Waals surface area contributed by atoms with Gasteiger partial charge >= 0.3 is 0 Å². The van der Waals surface area contributed by atoms with E-state index in [0.717, 1.165) is 6.07 Å². The topological polar surface area (TPSA) is 99.2 Å². The molecule has 0 fully saturated rings. The van der Waals surface area contributed by atoms with Gasteiger partial charge in [-0.05, 0) is 25.1 Å². The van der Waals surface area contributed by atoms with Gasteiger partial charge in [0, 0.05) is 24.0 Å². The van der Waals surface area contributed by atoms with E-state index in [1.807, 2.05) is 18.2 Å². The molecule has 98 valence electrons. The monoisotopic (exact) mass is 261 g/mol. The zero-order valence-corrected chi connectivity index (χ0v) is 10.1. The van der Waals surface area contributed by atoms with Gasteiger partial charge in [-0.2, -0.15) is 0 Å². The first kappa shape index (κ1) is 14.2. The van der Waals surface area contributed by atoms with E-state index in [4.69, 9.17) is 0 Å². The largest absolute Gasteiger partial charge is 0.279 e. The summed E-state index contributed by atoms with van der Waals surface area (Å²) >= 11 is 0. The molecule has 0 amide bonds. The maximum Gasteiger partial charge on any atom is 0.279 e. The molecule has 0 saturated heterocycles. The molecule has 0 saturated carbocycles. The van der Waals surface area contributed by atoms with Crippen molar-refractivity contribution >= 4 is 11.4 Å². The molecule has 0 N–H and O–H groups in total. The zero-order chi connectivity index (χ0) is 14.3. The van der Waals surface area contributed by atoms with Crippen molar-refractivity contribution in [2.45, 2.75) is 6.92 Å². The fraction of sp³-hybridized carbons (Fsp3) is 0.0833. The summed E-state index contributed by atoms with van der Waals surface area (Å²) in [6.07, 6.45) is 3.50. The van der Waals surface area contributed by atoms with Gasteiger partial charge in [0.05, 0.1) is 15.9 Å². The summed E-state index contributed by atoms with van der Waals surface area (Å²) in [6.45, 7) is 1.53. The van der Waals surface area contributed by atoms with Crippen molar-refractivity contribution in [2.75, 3.05) is 0 Å². The number of rotatable bonds is 2. The van der Waals surface area contributed by atoms with E-state index in [1.54, 1.807) is 12.4 Å². The first-order chi connectivity index (χ1) is 9.02. The van der Waals surface area contributed by atoms with Gasteiger partial charge in [-0.15, -0.1) is 0 Å². The van der Waals surface area contributed by atoms with Crippen molar-refractivity contribution in [1.29, 1.82) is 0 Å². The molecule has 0 atom stereocenters. The number of aryl methyl sites for hydroxylation is 1. The fourth-order valence-electron chi connectivity index (χ4n) is 1.22. The van der Waals surface area contributed by atoms with Crippen LogP contribution in [0.1, 0.15) is 5.56 Å². The molecule has 7 heteroatoms. The van der Waals surface area contributed by atoms with E-state index in [0.29, 0.717) is 5.56 Å². The number of non-ortho nitro benzene ring substituents is 1. The van der Waals surface area contributed by atoms with Gasteiger partial charge in [-0.3, -0.25) is 25.2 Å². The summed E-state index contributed by atoms with van der Waals surface area (Å²) in [5.74, 6) is 0. The Labute approximate surface area is 108 Å². The van der Waals surface area contributed by atoms with Crippen molar-refractivity contribution in [3.63, 3.8) is 0 Å². The number of hydrogen-bond acceptors (Lipinski definition) is 5. The van der Waals surface area contributed by atoms with Crippen LogP contribution in [0.3, 0.4) is 0 Å². The standard InChI is InChI=1S/C7H6N2O4.C5H5N/c1-5-2-3-6(8(10)11)4-7(5)9(12)13;1-2-4-6-5-3-1/h2-4H,1H3;1-5H. The Balaban J connectivity index is 0.000000250. The van der Waals surface area contributed by atoms with E-state index in [9.17, 15) is 20.2 Å². The number of nitro benzene ring substituents is 2. The normalized spacial score (nSPS) is 9.11. The lowest BCUT2D eigenvalue weighted by atomic mass is 10.2. The second-order valence-electron chi connectivity index (χ2n) is 3.51. The summed E-state index contributed by atoms with van der Waals surface area (Å²) in [7, 11) is 0. The average Bonchev–Trinajstić information content (AvgIpc) is 2.41. The van der Waals surface area contributed by atoms with E-state index < -0.39 is 9.85 Å². The molecule has 0 aliphatic rings. The molecule has 1 aromatic heterocycles. The Hall–Kier alpha value is -2.83. The van der Waals surface area contributed by atoms with E-state index in [-0.39, 0.29) is 11.4 Å². The van der Waals surface area contributed by atoms with Gasteiger partial charge in [0.15, 0.2) is 0 Å². The lowest BCUT2D eigenvalue weighted by Gasteiger charge is -1.95. The average molecular weight is 261 g/mol. The minimum absolute atomic E-state index is 0.228. The van der Waals surface area contributed by atoms with Gasteiger partial charge in [0.1, 0.15) is 0 Å². The predicted octanol–water partition coefficient (Wildman–Crippen LogP) is 2.89. The maximum absolute atomic E-state index is 10.4. The predicted molar refractivity (Wildman–Crippen MR) is 68.7 cm³/mol. The van der Waals surface area contributed by atoms with Crippen molar-refractivity contribution < 1.29 is 9.85 Å². The second kappa shape index (κ2) is 6.80. The van der Waals surface area contributed by atoms with Gasteiger partial charge < -0.3 is 0 Å². The number of benzene rings is 1. The first-order valence-corrected chi connectivity index (χ1v) is 5.27. The Morgan fingerprint density at radius 2 is 1.63 bits per heavy atom. The molecule has 7 nitrogen and oxygen atoms in total. The van der Waals surface area contributed by atoms with Gasteiger partial charge in [0.25, 0.3) is 11.4 Å². The lowest BCUT2D eigenvalue weighted by Crippen LogP contribution is -1.94. The van der Waals surface area contributed by atoms with Crippen LogP contribution in [0.25, 0.3) is 0 Å². The lowest BCUT2D eigenvalue weighted by molar-refractivity contribution is -0.394. The van der Waals surface area contributed by atoms with Gasteiger partial charge in [0.2, 0.25) is 0 Å². The Morgan fingerprint density at radius 1 is 1.00 bits per heavy atom. The van der Waals surface area contributed by atoms with Crippen LogP contribution < -0.4 is 0 Å². The SMILES string of the molecule is Cc1ccc([N+](=O)[O-])cc1[N+](=O)[O-].c1ccncc1. The molecule has 0 aliphatic heterocycles. The number of pyridine rings is 1. The van der Waals surface area contributed by atoms with Crippen molar-refractivity contribution in [3.8, 4) is 0 Å². The van der Waals surface area contributed by atoms with E-state index >= 15 is 0 Å². The minimum atomic E-state index is -0.660. The highest BCUT2D eigenvalue weighted by Gasteiger charge is 2.15. The Bertz CT molecular complexity index is 546. The van der Waals surface area contributed by atoms with Crippen LogP contribution in [0.2, 0.25) is 0 Å². The number of nitrogens with zero attached hydrogens (tertiary/aromatic N) is 3. The smallest absolute Gasteiger partial charge is 0.265 e. The third-order valence-electron chi connectivity index (χ3n) is 2.17. The highest BCUT2D eigenvalue weighted by Crippen LogP contribution is 2.23. The first-order valence-electron chi connectivity index (χ1n) is 5.27. The minimum Gasteiger partial charge on any atom is -0.265 e. The maximum atomic E-state index is 10.4. The molecule has 0 unspecified atom stereocenters. The molecule has 2 aromatic rings. The molecular weight excluding hydrogens is 250 g/mol. The van der Waals surface area contributed by atoms with Crippen molar-refractivity contribution in [1.82, 2.24) is 4.98 Å². The second-order valence-corrected chi connectivity index (χ2v) is 3.51.